The second-order valence-corrected chi connectivity index (χ2v) is 15.0. The summed E-state index contributed by atoms with van der Waals surface area (Å²) >= 11 is 0. The van der Waals surface area contributed by atoms with Crippen LogP contribution in [-0.2, 0) is 23.9 Å². The Labute approximate surface area is 292 Å². The topological polar surface area (TPSA) is 106 Å². The van der Waals surface area contributed by atoms with Crippen LogP contribution in [0.15, 0.2) is 48.5 Å². The molecule has 2 aromatic rings. The summed E-state index contributed by atoms with van der Waals surface area (Å²) < 4.78 is 17.1. The van der Waals surface area contributed by atoms with Crippen molar-refractivity contribution in [2.24, 2.45) is 11.8 Å². The van der Waals surface area contributed by atoms with Gasteiger partial charge in [-0.15, -0.1) is 0 Å². The van der Waals surface area contributed by atoms with Gasteiger partial charge in [0.25, 0.3) is 5.91 Å². The molecular weight excluding hydrogens is 622 g/mol. The maximum atomic E-state index is 14.6. The number of anilines is 2. The summed E-state index contributed by atoms with van der Waals surface area (Å²) in [7, 11) is 1.63. The van der Waals surface area contributed by atoms with Crippen LogP contribution < -0.4 is 14.5 Å². The largest absolute Gasteiger partial charge is 0.476 e. The first-order chi connectivity index (χ1) is 22.7. The van der Waals surface area contributed by atoms with E-state index in [1.165, 1.54) is 4.90 Å². The highest BCUT2D eigenvalue weighted by Gasteiger charge is 2.45. The lowest BCUT2D eigenvalue weighted by molar-refractivity contribution is -0.132. The van der Waals surface area contributed by atoms with Gasteiger partial charge in [0.05, 0.1) is 11.6 Å². The normalized spacial score (nSPS) is 20.8. The molecule has 0 N–H and O–H groups in total. The zero-order chi connectivity index (χ0) is 34.8. The fraction of sp³-hybridized carbons (Fsp3) is 0.590. The Hall–Kier alpha value is -3.92. The first-order valence-corrected chi connectivity index (χ1v) is 17.2. The molecule has 0 radical (unpaired) electrons. The van der Waals surface area contributed by atoms with E-state index in [9.17, 15) is 19.2 Å². The maximum Gasteiger partial charge on any atom is 0.410 e. The van der Waals surface area contributed by atoms with Crippen LogP contribution in [0.1, 0.15) is 92.6 Å². The van der Waals surface area contributed by atoms with Crippen molar-refractivity contribution < 1.29 is 33.4 Å². The molecule has 1 saturated carbocycles. The molecule has 3 aliphatic rings. The van der Waals surface area contributed by atoms with Crippen molar-refractivity contribution in [3.8, 4) is 5.75 Å². The summed E-state index contributed by atoms with van der Waals surface area (Å²) in [6, 6.07) is 15.5. The number of hydrogen-bond donors (Lipinski definition) is 0. The van der Waals surface area contributed by atoms with Crippen LogP contribution in [0.2, 0.25) is 0 Å². The van der Waals surface area contributed by atoms with Gasteiger partial charge in [-0.05, 0) is 90.0 Å². The number of piperidine rings is 1. The number of nitrogens with zero attached hydrogens (tertiary/aromatic N) is 3. The number of likely N-dealkylation sites (tertiary alicyclic amines) is 1. The average Bonchev–Trinajstić information content (AvgIpc) is 3.87. The molecule has 2 heterocycles. The number of Topliss-reactive ketones (excluding diaryl/α,β-unsaturated/α-hetero) is 1. The van der Waals surface area contributed by atoms with E-state index in [4.69, 9.17) is 14.2 Å². The number of ketones is 1. The van der Waals surface area contributed by atoms with E-state index in [2.05, 4.69) is 0 Å². The van der Waals surface area contributed by atoms with Crippen molar-refractivity contribution in [1.82, 2.24) is 4.90 Å². The first-order valence-electron chi connectivity index (χ1n) is 17.2. The Morgan fingerprint density at radius 1 is 1.04 bits per heavy atom. The standard InChI is InChI=1S/C38H51N3O7.CH4/c1-25(26-12-9-8-10-13-26)20-32(42)27-21-28(24-39(23-27)36(45)48-37(2,3)4)34(43)41(29-14-15-29)30-16-17-33-31(22-30)40(18-11-19-46-7)35(44)38(5,6)47-33;/h8-10,12-13,16-17,22,25,27-29H,11,14-15,18-21,23-24H2,1-7H3;1H4/t25-,27+,28-;/m1./s1. The van der Waals surface area contributed by atoms with E-state index in [0.29, 0.717) is 49.5 Å². The third kappa shape index (κ3) is 9.01. The average molecular weight is 678 g/mol. The third-order valence-electron chi connectivity index (χ3n) is 9.30. The molecule has 5 rings (SSSR count). The predicted molar refractivity (Wildman–Crippen MR) is 191 cm³/mol. The number of methoxy groups -OCH3 is 1. The zero-order valence-electron chi connectivity index (χ0n) is 29.5. The zero-order valence-corrected chi connectivity index (χ0v) is 29.5. The second kappa shape index (κ2) is 15.3. The molecule has 1 aliphatic carbocycles. The van der Waals surface area contributed by atoms with Crippen LogP contribution in [-0.4, -0.2) is 79.2 Å². The molecule has 2 aromatic carbocycles. The van der Waals surface area contributed by atoms with Crippen molar-refractivity contribution in [3.05, 3.63) is 54.1 Å². The van der Waals surface area contributed by atoms with Crippen molar-refractivity contribution >= 4 is 35.1 Å². The summed E-state index contributed by atoms with van der Waals surface area (Å²) in [6.45, 7) is 12.3. The quantitative estimate of drug-likeness (QED) is 0.236. The summed E-state index contributed by atoms with van der Waals surface area (Å²) in [4.78, 5) is 60.3. The van der Waals surface area contributed by atoms with Crippen LogP contribution in [0.4, 0.5) is 16.2 Å². The summed E-state index contributed by atoms with van der Waals surface area (Å²) in [5, 5.41) is 0. The molecule has 3 atom stereocenters. The summed E-state index contributed by atoms with van der Waals surface area (Å²) in [5.74, 6) is -0.762. The van der Waals surface area contributed by atoms with Gasteiger partial charge in [-0.1, -0.05) is 44.7 Å². The molecular formula is C39H55N3O7. The number of hydrogen-bond acceptors (Lipinski definition) is 7. The fourth-order valence-electron chi connectivity index (χ4n) is 6.70. The maximum absolute atomic E-state index is 14.6. The van der Waals surface area contributed by atoms with Gasteiger partial charge in [0.15, 0.2) is 5.60 Å². The number of rotatable bonds is 11. The van der Waals surface area contributed by atoms with Gasteiger partial charge in [0.1, 0.15) is 17.1 Å². The van der Waals surface area contributed by atoms with Crippen LogP contribution >= 0.6 is 0 Å². The second-order valence-electron chi connectivity index (χ2n) is 15.0. The van der Waals surface area contributed by atoms with Crippen LogP contribution in [0.3, 0.4) is 0 Å². The number of carbonyl (C=O) groups is 4. The molecule has 0 unspecified atom stereocenters. The minimum Gasteiger partial charge on any atom is -0.476 e. The van der Waals surface area contributed by atoms with Crippen molar-refractivity contribution in [1.29, 1.82) is 0 Å². The van der Waals surface area contributed by atoms with Crippen molar-refractivity contribution in [2.45, 2.75) is 104 Å². The molecule has 10 nitrogen and oxygen atoms in total. The van der Waals surface area contributed by atoms with Crippen molar-refractivity contribution in [3.63, 3.8) is 0 Å². The first kappa shape index (κ1) is 37.9. The molecule has 0 spiro atoms. The third-order valence-corrected chi connectivity index (χ3v) is 9.30. The van der Waals surface area contributed by atoms with E-state index in [1.54, 1.807) is 46.6 Å². The Bertz CT molecular complexity index is 1500. The lowest BCUT2D eigenvalue weighted by Crippen LogP contribution is -2.53. The van der Waals surface area contributed by atoms with Crippen LogP contribution in [0.5, 0.6) is 5.75 Å². The number of ether oxygens (including phenoxy) is 3. The molecule has 0 bridgehead atoms. The number of fused-ring (bicyclic) bond motifs is 1. The molecule has 3 amide bonds. The van der Waals surface area contributed by atoms with Gasteiger partial charge < -0.3 is 28.9 Å². The molecule has 49 heavy (non-hydrogen) atoms. The van der Waals surface area contributed by atoms with E-state index in [0.717, 1.165) is 18.4 Å². The van der Waals surface area contributed by atoms with Gasteiger partial charge in [0.2, 0.25) is 5.91 Å². The number of benzene rings is 2. The number of carbonyl (C=O) groups excluding carboxylic acids is 4. The van der Waals surface area contributed by atoms with E-state index < -0.39 is 29.1 Å². The number of amides is 3. The van der Waals surface area contributed by atoms with E-state index >= 15 is 0 Å². The van der Waals surface area contributed by atoms with Gasteiger partial charge in [0, 0.05) is 57.4 Å². The highest BCUT2D eigenvalue weighted by molar-refractivity contribution is 6.04. The molecule has 268 valence electrons. The fourth-order valence-corrected chi connectivity index (χ4v) is 6.70. The SMILES string of the molecule is C.COCCCN1C(=O)C(C)(C)Oc2ccc(N(C(=O)[C@@H]3C[C@H](C(=O)C[C@@H](C)c4ccccc4)CN(C(=O)OC(C)(C)C)C3)C3CC3)cc21. The lowest BCUT2D eigenvalue weighted by atomic mass is 9.82. The molecule has 0 aromatic heterocycles. The van der Waals surface area contributed by atoms with Gasteiger partial charge in [-0.25, -0.2) is 4.79 Å². The van der Waals surface area contributed by atoms with E-state index in [1.807, 2.05) is 60.4 Å². The summed E-state index contributed by atoms with van der Waals surface area (Å²) in [5.41, 5.74) is 0.618. The predicted octanol–water partition coefficient (Wildman–Crippen LogP) is 6.99. The molecule has 2 aliphatic heterocycles. The Morgan fingerprint density at radius 3 is 2.35 bits per heavy atom. The minimum atomic E-state index is -1.03. The van der Waals surface area contributed by atoms with Gasteiger partial charge in [-0.2, -0.15) is 0 Å². The van der Waals surface area contributed by atoms with Crippen LogP contribution in [0, 0.1) is 11.8 Å². The van der Waals surface area contributed by atoms with Gasteiger partial charge in [-0.3, -0.25) is 14.4 Å². The van der Waals surface area contributed by atoms with Gasteiger partial charge >= 0.3 is 6.09 Å². The Kier molecular flexibility index (Phi) is 11.8. The summed E-state index contributed by atoms with van der Waals surface area (Å²) in [6.07, 6.45) is 2.49. The van der Waals surface area contributed by atoms with Crippen molar-refractivity contribution in [2.75, 3.05) is 43.2 Å². The molecule has 1 saturated heterocycles. The Morgan fingerprint density at radius 2 is 1.71 bits per heavy atom. The lowest BCUT2D eigenvalue weighted by Gasteiger charge is -2.40. The van der Waals surface area contributed by atoms with E-state index in [-0.39, 0.29) is 50.1 Å². The van der Waals surface area contributed by atoms with Crippen LogP contribution in [0.25, 0.3) is 0 Å². The Balaban J connectivity index is 0.00000541. The minimum absolute atomic E-state index is 0. The highest BCUT2D eigenvalue weighted by Crippen LogP contribution is 2.43. The monoisotopic (exact) mass is 677 g/mol. The smallest absolute Gasteiger partial charge is 0.410 e. The highest BCUT2D eigenvalue weighted by atomic mass is 16.6. The molecule has 2 fully saturated rings. The molecule has 10 heteroatoms.